The van der Waals surface area contributed by atoms with Crippen LogP contribution in [0.5, 0.6) is 0 Å². The number of nitrogens with one attached hydrogen (secondary N) is 1. The molecule has 0 aromatic heterocycles. The summed E-state index contributed by atoms with van der Waals surface area (Å²) in [5, 5.41) is 2.89. The molecule has 0 bridgehead atoms. The Hall–Kier alpha value is -2.14. The van der Waals surface area contributed by atoms with Gasteiger partial charge in [0.05, 0.1) is 5.75 Å². The number of carbonyl (C=O) groups excluding carboxylic acids is 1. The summed E-state index contributed by atoms with van der Waals surface area (Å²) in [6.07, 6.45) is 0. The van der Waals surface area contributed by atoms with E-state index in [2.05, 4.69) is 5.32 Å². The smallest absolute Gasteiger partial charge is 0.234 e. The third-order valence-electron chi connectivity index (χ3n) is 2.92. The summed E-state index contributed by atoms with van der Waals surface area (Å²) in [6, 6.07) is 15.3. The van der Waals surface area contributed by atoms with E-state index >= 15 is 0 Å². The maximum absolute atomic E-state index is 11.9. The first-order chi connectivity index (χ1) is 10.0. The molecule has 110 valence electrons. The minimum atomic E-state index is -0.0190. The number of nitrogens with two attached hydrogens (primary N) is 1. The predicted octanol–water partition coefficient (Wildman–Crippen LogP) is 3.07. The van der Waals surface area contributed by atoms with E-state index in [4.69, 9.17) is 5.73 Å². The summed E-state index contributed by atoms with van der Waals surface area (Å²) >= 11 is 1.49. The molecule has 0 fully saturated rings. The molecule has 0 aliphatic carbocycles. The van der Waals surface area contributed by atoms with Crippen molar-refractivity contribution in [2.45, 2.75) is 4.90 Å². The van der Waals surface area contributed by atoms with E-state index in [1.165, 1.54) is 11.8 Å². The van der Waals surface area contributed by atoms with Gasteiger partial charge in [-0.3, -0.25) is 4.79 Å². The Morgan fingerprint density at radius 2 is 1.71 bits per heavy atom. The molecule has 0 spiro atoms. The van der Waals surface area contributed by atoms with Gasteiger partial charge >= 0.3 is 0 Å². The quantitative estimate of drug-likeness (QED) is 0.658. The highest BCUT2D eigenvalue weighted by atomic mass is 32.2. The van der Waals surface area contributed by atoms with Crippen molar-refractivity contribution in [1.29, 1.82) is 0 Å². The largest absolute Gasteiger partial charge is 0.399 e. The summed E-state index contributed by atoms with van der Waals surface area (Å²) < 4.78 is 0. The van der Waals surface area contributed by atoms with E-state index in [0.29, 0.717) is 5.75 Å². The lowest BCUT2D eigenvalue weighted by Crippen LogP contribution is -2.14. The van der Waals surface area contributed by atoms with Crippen LogP contribution in [-0.4, -0.2) is 25.8 Å². The van der Waals surface area contributed by atoms with Crippen molar-refractivity contribution in [3.8, 4) is 0 Å². The first-order valence-electron chi connectivity index (χ1n) is 6.60. The molecule has 0 aliphatic rings. The molecule has 2 rings (SSSR count). The molecule has 4 nitrogen and oxygen atoms in total. The van der Waals surface area contributed by atoms with Gasteiger partial charge in [-0.25, -0.2) is 0 Å². The van der Waals surface area contributed by atoms with E-state index in [1.54, 1.807) is 0 Å². The molecule has 2 aromatic rings. The number of nitrogen functional groups attached to an aromatic ring is 1. The van der Waals surface area contributed by atoms with Crippen LogP contribution in [0.25, 0.3) is 0 Å². The third kappa shape index (κ3) is 4.72. The second-order valence-electron chi connectivity index (χ2n) is 4.85. The standard InChI is InChI=1S/C16H19N3OS/c1-19(2)14-7-5-13(6-8-14)18-16(20)11-21-15-9-3-12(17)4-10-15/h3-10H,11,17H2,1-2H3,(H,18,20). The van der Waals surface area contributed by atoms with Gasteiger partial charge in [0.1, 0.15) is 0 Å². The van der Waals surface area contributed by atoms with E-state index in [1.807, 2.05) is 67.5 Å². The second-order valence-corrected chi connectivity index (χ2v) is 5.90. The lowest BCUT2D eigenvalue weighted by molar-refractivity contribution is -0.113. The molecule has 1 amide bonds. The minimum absolute atomic E-state index is 0.0190. The number of anilines is 3. The number of thioether (sulfide) groups is 1. The van der Waals surface area contributed by atoms with Gasteiger partial charge in [-0.15, -0.1) is 11.8 Å². The number of carbonyl (C=O) groups is 1. The van der Waals surface area contributed by atoms with E-state index in [-0.39, 0.29) is 5.91 Å². The van der Waals surface area contributed by atoms with Gasteiger partial charge in [0.2, 0.25) is 5.91 Å². The molecular weight excluding hydrogens is 282 g/mol. The average molecular weight is 301 g/mol. The fraction of sp³-hybridized carbons (Fsp3) is 0.188. The summed E-state index contributed by atoms with van der Waals surface area (Å²) in [7, 11) is 3.97. The van der Waals surface area contributed by atoms with Crippen LogP contribution in [0, 0.1) is 0 Å². The van der Waals surface area contributed by atoms with Crippen molar-refractivity contribution in [3.05, 3.63) is 48.5 Å². The van der Waals surface area contributed by atoms with Gasteiger partial charge in [-0.2, -0.15) is 0 Å². The van der Waals surface area contributed by atoms with E-state index < -0.39 is 0 Å². The molecule has 5 heteroatoms. The third-order valence-corrected chi connectivity index (χ3v) is 3.93. The SMILES string of the molecule is CN(C)c1ccc(NC(=O)CSc2ccc(N)cc2)cc1. The van der Waals surface area contributed by atoms with E-state index in [0.717, 1.165) is 22.0 Å². The maximum Gasteiger partial charge on any atom is 0.234 e. The van der Waals surface area contributed by atoms with Crippen molar-refractivity contribution in [1.82, 2.24) is 0 Å². The zero-order valence-corrected chi connectivity index (χ0v) is 13.0. The zero-order chi connectivity index (χ0) is 15.2. The molecule has 2 aromatic carbocycles. The highest BCUT2D eigenvalue weighted by Crippen LogP contribution is 2.20. The van der Waals surface area contributed by atoms with Crippen LogP contribution in [0.15, 0.2) is 53.4 Å². The summed E-state index contributed by atoms with van der Waals surface area (Å²) in [4.78, 5) is 15.0. The lowest BCUT2D eigenvalue weighted by atomic mass is 10.2. The first kappa shape index (κ1) is 15.3. The van der Waals surface area contributed by atoms with Crippen molar-refractivity contribution in [3.63, 3.8) is 0 Å². The van der Waals surface area contributed by atoms with Crippen molar-refractivity contribution >= 4 is 34.7 Å². The molecule has 0 aliphatic heterocycles. The van der Waals surface area contributed by atoms with Crippen LogP contribution < -0.4 is 16.0 Å². The fourth-order valence-electron chi connectivity index (χ4n) is 1.75. The second kappa shape index (κ2) is 7.04. The molecular formula is C16H19N3OS. The van der Waals surface area contributed by atoms with Crippen LogP contribution in [0.2, 0.25) is 0 Å². The van der Waals surface area contributed by atoms with Crippen molar-refractivity contribution < 1.29 is 4.79 Å². The van der Waals surface area contributed by atoms with Gasteiger partial charge in [0.25, 0.3) is 0 Å². The van der Waals surface area contributed by atoms with Crippen LogP contribution >= 0.6 is 11.8 Å². The van der Waals surface area contributed by atoms with E-state index in [9.17, 15) is 4.79 Å². The summed E-state index contributed by atoms with van der Waals surface area (Å²) in [5.41, 5.74) is 8.26. The van der Waals surface area contributed by atoms with Gasteiger partial charge in [-0.1, -0.05) is 0 Å². The molecule has 0 heterocycles. The first-order valence-corrected chi connectivity index (χ1v) is 7.59. The predicted molar refractivity (Wildman–Crippen MR) is 91.0 cm³/mol. The number of nitrogens with zero attached hydrogens (tertiary/aromatic N) is 1. The number of amides is 1. The number of rotatable bonds is 5. The zero-order valence-electron chi connectivity index (χ0n) is 12.2. The molecule has 3 N–H and O–H groups in total. The summed E-state index contributed by atoms with van der Waals surface area (Å²) in [6.45, 7) is 0. The van der Waals surface area contributed by atoms with Gasteiger partial charge in [-0.05, 0) is 48.5 Å². The molecule has 0 atom stereocenters. The van der Waals surface area contributed by atoms with Crippen molar-refractivity contribution in [2.24, 2.45) is 0 Å². The molecule has 0 radical (unpaired) electrons. The highest BCUT2D eigenvalue weighted by molar-refractivity contribution is 8.00. The molecule has 21 heavy (non-hydrogen) atoms. The number of hydrogen-bond donors (Lipinski definition) is 2. The van der Waals surface area contributed by atoms with Gasteiger partial charge in [0, 0.05) is 36.1 Å². The van der Waals surface area contributed by atoms with Crippen molar-refractivity contribution in [2.75, 3.05) is 35.8 Å². The topological polar surface area (TPSA) is 58.4 Å². The highest BCUT2D eigenvalue weighted by Gasteiger charge is 2.04. The Morgan fingerprint density at radius 3 is 2.29 bits per heavy atom. The Bertz CT molecular complexity index is 594. The normalized spacial score (nSPS) is 10.2. The Labute approximate surface area is 129 Å². The lowest BCUT2D eigenvalue weighted by Gasteiger charge is -2.13. The van der Waals surface area contributed by atoms with Crippen LogP contribution in [0.3, 0.4) is 0 Å². The average Bonchev–Trinajstić information content (AvgIpc) is 2.47. The minimum Gasteiger partial charge on any atom is -0.399 e. The maximum atomic E-state index is 11.9. The van der Waals surface area contributed by atoms with Gasteiger partial charge in [0.15, 0.2) is 0 Å². The van der Waals surface area contributed by atoms with Crippen LogP contribution in [0.1, 0.15) is 0 Å². The molecule has 0 unspecified atom stereocenters. The van der Waals surface area contributed by atoms with Crippen LogP contribution in [0.4, 0.5) is 17.1 Å². The fourth-order valence-corrected chi connectivity index (χ4v) is 2.45. The Morgan fingerprint density at radius 1 is 1.10 bits per heavy atom. The number of benzene rings is 2. The molecule has 0 saturated carbocycles. The van der Waals surface area contributed by atoms with Crippen LogP contribution in [-0.2, 0) is 4.79 Å². The monoisotopic (exact) mass is 301 g/mol. The number of hydrogen-bond acceptors (Lipinski definition) is 4. The Balaban J connectivity index is 1.85. The summed E-state index contributed by atoms with van der Waals surface area (Å²) in [5.74, 6) is 0.355. The van der Waals surface area contributed by atoms with Gasteiger partial charge < -0.3 is 16.0 Å². The molecule has 0 saturated heterocycles. The Kier molecular flexibility index (Phi) is 5.11.